The summed E-state index contributed by atoms with van der Waals surface area (Å²) in [5.74, 6) is -1.70. The molecule has 6 nitrogen and oxygen atoms in total. The smallest absolute Gasteiger partial charge is 0.351 e. The summed E-state index contributed by atoms with van der Waals surface area (Å²) in [6.45, 7) is 0.977. The second kappa shape index (κ2) is 7.19. The maximum absolute atomic E-state index is 14.0. The number of carbonyl (C=O) groups excluding carboxylic acids is 2. The largest absolute Gasteiger partial charge is 0.416 e. The fraction of sp³-hybridized carbons (Fsp3) is 0.286. The molecule has 2 unspecified atom stereocenters. The molecule has 2 aliphatic rings. The highest BCUT2D eigenvalue weighted by Gasteiger charge is 2.50. The average Bonchev–Trinajstić information content (AvgIpc) is 3.29. The van der Waals surface area contributed by atoms with Crippen LogP contribution in [0.3, 0.4) is 0 Å². The third-order valence-electron chi connectivity index (χ3n) is 5.98. The van der Waals surface area contributed by atoms with Gasteiger partial charge in [0.05, 0.1) is 11.6 Å². The van der Waals surface area contributed by atoms with Crippen molar-refractivity contribution in [3.05, 3.63) is 64.3 Å². The Morgan fingerprint density at radius 1 is 1.06 bits per heavy atom. The molecule has 5 rings (SSSR count). The van der Waals surface area contributed by atoms with Gasteiger partial charge >= 0.3 is 6.18 Å². The first-order chi connectivity index (χ1) is 15.1. The summed E-state index contributed by atoms with van der Waals surface area (Å²) >= 11 is 5.77. The molecular weight excluding hydrogens is 452 g/mol. The van der Waals surface area contributed by atoms with Gasteiger partial charge in [0.1, 0.15) is 10.8 Å². The molecule has 32 heavy (non-hydrogen) atoms. The van der Waals surface area contributed by atoms with Crippen LogP contribution in [-0.4, -0.2) is 57.3 Å². The van der Waals surface area contributed by atoms with Crippen molar-refractivity contribution >= 4 is 34.3 Å². The molecule has 2 amide bonds. The van der Waals surface area contributed by atoms with Gasteiger partial charge in [0.15, 0.2) is 11.5 Å². The van der Waals surface area contributed by atoms with E-state index in [-0.39, 0.29) is 46.3 Å². The number of hydrogen-bond donors (Lipinski definition) is 1. The summed E-state index contributed by atoms with van der Waals surface area (Å²) in [5.41, 5.74) is -0.570. The number of aromatic nitrogens is 2. The van der Waals surface area contributed by atoms with E-state index < -0.39 is 23.5 Å². The van der Waals surface area contributed by atoms with Crippen molar-refractivity contribution in [1.82, 2.24) is 19.8 Å². The molecule has 2 aliphatic heterocycles. The monoisotopic (exact) mass is 466 g/mol. The number of pyridine rings is 1. The zero-order chi connectivity index (χ0) is 22.8. The zero-order valence-electron chi connectivity index (χ0n) is 16.3. The number of aromatic amines is 1. The van der Waals surface area contributed by atoms with Gasteiger partial charge in [-0.05, 0) is 36.4 Å². The SMILES string of the molecule is O=C(c1cc2cc(C(F)(F)F)ccc2[nH]1)N1CC2CN(C(=O)c3nc(Cl)ccc3F)C2C1. The van der Waals surface area contributed by atoms with Gasteiger partial charge < -0.3 is 14.8 Å². The van der Waals surface area contributed by atoms with Crippen LogP contribution in [0.4, 0.5) is 17.6 Å². The maximum Gasteiger partial charge on any atom is 0.416 e. The Balaban J connectivity index is 1.32. The van der Waals surface area contributed by atoms with Crippen molar-refractivity contribution in [3.8, 4) is 0 Å². The highest BCUT2D eigenvalue weighted by Crippen LogP contribution is 2.35. The molecule has 1 aromatic carbocycles. The standard InChI is InChI=1S/C21H15ClF4N4O2/c22-17-4-2-13(23)18(28-17)20(32)30-8-11-7-29(9-16(11)30)19(31)15-6-10-5-12(21(24,25)26)1-3-14(10)27-15/h1-6,11,16,27H,7-9H2. The predicted molar refractivity (Wildman–Crippen MR) is 107 cm³/mol. The number of nitrogens with zero attached hydrogens (tertiary/aromatic N) is 3. The second-order valence-electron chi connectivity index (χ2n) is 7.94. The van der Waals surface area contributed by atoms with Crippen LogP contribution in [0.15, 0.2) is 36.4 Å². The third kappa shape index (κ3) is 3.38. The number of H-pyrrole nitrogens is 1. The summed E-state index contributed by atoms with van der Waals surface area (Å²) in [5, 5.41) is 0.284. The third-order valence-corrected chi connectivity index (χ3v) is 6.19. The fourth-order valence-electron chi connectivity index (χ4n) is 4.33. The van der Waals surface area contributed by atoms with Crippen molar-refractivity contribution in [1.29, 1.82) is 0 Å². The lowest BCUT2D eigenvalue weighted by Gasteiger charge is -2.43. The summed E-state index contributed by atoms with van der Waals surface area (Å²) in [4.78, 5) is 35.3. The van der Waals surface area contributed by atoms with Crippen LogP contribution in [0.25, 0.3) is 10.9 Å². The van der Waals surface area contributed by atoms with Crippen LogP contribution < -0.4 is 0 Å². The number of rotatable bonds is 2. The highest BCUT2D eigenvalue weighted by atomic mass is 35.5. The van der Waals surface area contributed by atoms with E-state index in [9.17, 15) is 27.2 Å². The molecule has 166 valence electrons. The maximum atomic E-state index is 14.0. The van der Waals surface area contributed by atoms with Gasteiger partial charge in [-0.1, -0.05) is 11.6 Å². The Labute approximate surface area is 183 Å². The minimum atomic E-state index is -4.48. The van der Waals surface area contributed by atoms with Crippen molar-refractivity contribution in [2.45, 2.75) is 12.2 Å². The molecule has 1 N–H and O–H groups in total. The summed E-state index contributed by atoms with van der Waals surface area (Å²) in [6, 6.07) is 6.66. The molecule has 2 atom stereocenters. The normalized spacial score (nSPS) is 20.4. The van der Waals surface area contributed by atoms with E-state index in [1.54, 1.807) is 4.90 Å². The number of nitrogens with one attached hydrogen (secondary N) is 1. The summed E-state index contributed by atoms with van der Waals surface area (Å²) < 4.78 is 52.8. The minimum absolute atomic E-state index is 0.00235. The first-order valence-electron chi connectivity index (χ1n) is 9.74. The lowest BCUT2D eigenvalue weighted by Crippen LogP contribution is -2.58. The van der Waals surface area contributed by atoms with Crippen LogP contribution >= 0.6 is 11.6 Å². The molecule has 0 saturated carbocycles. The van der Waals surface area contributed by atoms with Crippen molar-refractivity contribution < 1.29 is 27.2 Å². The molecule has 2 fully saturated rings. The first-order valence-corrected chi connectivity index (χ1v) is 10.1. The number of fused-ring (bicyclic) bond motifs is 2. The molecule has 4 heterocycles. The van der Waals surface area contributed by atoms with E-state index in [1.165, 1.54) is 23.1 Å². The molecule has 11 heteroatoms. The molecule has 0 bridgehead atoms. The van der Waals surface area contributed by atoms with E-state index in [0.717, 1.165) is 18.2 Å². The van der Waals surface area contributed by atoms with Gasteiger partial charge in [-0.2, -0.15) is 13.2 Å². The van der Waals surface area contributed by atoms with Gasteiger partial charge in [-0.25, -0.2) is 9.37 Å². The molecule has 3 aromatic rings. The van der Waals surface area contributed by atoms with Crippen LogP contribution in [0, 0.1) is 11.7 Å². The van der Waals surface area contributed by atoms with Gasteiger partial charge in [0.2, 0.25) is 0 Å². The van der Waals surface area contributed by atoms with E-state index in [4.69, 9.17) is 11.6 Å². The van der Waals surface area contributed by atoms with Crippen LogP contribution in [0.5, 0.6) is 0 Å². The number of amides is 2. The number of alkyl halides is 3. The van der Waals surface area contributed by atoms with E-state index in [0.29, 0.717) is 18.6 Å². The minimum Gasteiger partial charge on any atom is -0.351 e. The molecule has 0 aliphatic carbocycles. The Hall–Kier alpha value is -3.14. The van der Waals surface area contributed by atoms with Crippen LogP contribution in [-0.2, 0) is 6.18 Å². The molecule has 2 saturated heterocycles. The topological polar surface area (TPSA) is 69.3 Å². The second-order valence-corrected chi connectivity index (χ2v) is 8.33. The quantitative estimate of drug-likeness (QED) is 0.459. The Morgan fingerprint density at radius 3 is 2.59 bits per heavy atom. The number of carbonyl (C=O) groups is 2. The van der Waals surface area contributed by atoms with Gasteiger partial charge in [-0.15, -0.1) is 0 Å². The Kier molecular flexibility index (Phi) is 4.66. The Morgan fingerprint density at radius 2 is 1.84 bits per heavy atom. The van der Waals surface area contributed by atoms with E-state index in [2.05, 4.69) is 9.97 Å². The lowest BCUT2D eigenvalue weighted by molar-refractivity contribution is -0.137. The average molecular weight is 467 g/mol. The lowest BCUT2D eigenvalue weighted by atomic mass is 9.91. The van der Waals surface area contributed by atoms with E-state index >= 15 is 0 Å². The summed E-state index contributed by atoms with van der Waals surface area (Å²) in [6.07, 6.45) is -4.48. The number of likely N-dealkylation sites (tertiary alicyclic amines) is 2. The molecule has 0 radical (unpaired) electrons. The number of benzene rings is 1. The van der Waals surface area contributed by atoms with Crippen LogP contribution in [0.2, 0.25) is 5.15 Å². The predicted octanol–water partition coefficient (Wildman–Crippen LogP) is 3.97. The number of halogens is 5. The van der Waals surface area contributed by atoms with Gasteiger partial charge in [-0.3, -0.25) is 9.59 Å². The molecule has 2 aromatic heterocycles. The van der Waals surface area contributed by atoms with Gasteiger partial charge in [0.25, 0.3) is 11.8 Å². The van der Waals surface area contributed by atoms with Crippen molar-refractivity contribution in [2.75, 3.05) is 19.6 Å². The van der Waals surface area contributed by atoms with Crippen molar-refractivity contribution in [3.63, 3.8) is 0 Å². The fourth-order valence-corrected chi connectivity index (χ4v) is 4.48. The molecular formula is C21H15ClF4N4O2. The van der Waals surface area contributed by atoms with E-state index in [1.807, 2.05) is 0 Å². The van der Waals surface area contributed by atoms with Crippen LogP contribution in [0.1, 0.15) is 26.5 Å². The highest BCUT2D eigenvalue weighted by molar-refractivity contribution is 6.29. The van der Waals surface area contributed by atoms with Gasteiger partial charge in [0, 0.05) is 36.5 Å². The molecule has 0 spiro atoms. The summed E-state index contributed by atoms with van der Waals surface area (Å²) in [7, 11) is 0. The Bertz CT molecular complexity index is 1260. The van der Waals surface area contributed by atoms with Crippen molar-refractivity contribution in [2.24, 2.45) is 5.92 Å². The first kappa shape index (κ1) is 20.7. The number of hydrogen-bond acceptors (Lipinski definition) is 3. The zero-order valence-corrected chi connectivity index (χ0v) is 17.0.